The number of aryl methyl sites for hydroxylation is 1. The molecule has 0 fully saturated rings. The first-order chi connectivity index (χ1) is 16.5. The Bertz CT molecular complexity index is 1230. The van der Waals surface area contributed by atoms with Crippen LogP contribution in [0.1, 0.15) is 36.7 Å². The van der Waals surface area contributed by atoms with Gasteiger partial charge in [0.25, 0.3) is 11.8 Å². The molecule has 7 nitrogen and oxygen atoms in total. The summed E-state index contributed by atoms with van der Waals surface area (Å²) in [4.78, 5) is 30.7. The van der Waals surface area contributed by atoms with Crippen molar-refractivity contribution in [1.82, 2.24) is 20.4 Å². The molecule has 3 N–H and O–H groups in total. The van der Waals surface area contributed by atoms with E-state index < -0.39 is 17.4 Å². The zero-order chi connectivity index (χ0) is 24.0. The molecule has 0 atom stereocenters. The number of amides is 2. The number of hydrogen-bond acceptors (Lipinski definition) is 4. The normalized spacial score (nSPS) is 11.4. The molecule has 34 heavy (non-hydrogen) atoms. The molecule has 4 aromatic rings. The topological polar surface area (TPSA) is 96.3 Å². The molecule has 0 aliphatic heterocycles. The maximum absolute atomic E-state index is 13.2. The molecule has 1 heterocycles. The van der Waals surface area contributed by atoms with Crippen LogP contribution in [0.5, 0.6) is 0 Å². The first kappa shape index (κ1) is 23.2. The predicted molar refractivity (Wildman–Crippen MR) is 131 cm³/mol. The number of imidazole rings is 1. The summed E-state index contributed by atoms with van der Waals surface area (Å²) in [7, 11) is 0. The summed E-state index contributed by atoms with van der Waals surface area (Å²) in [6.45, 7) is 2.10. The van der Waals surface area contributed by atoms with Crippen LogP contribution in [0.2, 0.25) is 0 Å². The quantitative estimate of drug-likeness (QED) is 0.354. The minimum Gasteiger partial charge on any atom is -0.372 e. The third-order valence-electron chi connectivity index (χ3n) is 5.82. The Morgan fingerprint density at radius 2 is 1.47 bits per heavy atom. The van der Waals surface area contributed by atoms with Gasteiger partial charge < -0.3 is 9.67 Å². The smallest absolute Gasteiger partial charge is 0.279 e. The fourth-order valence-corrected chi connectivity index (χ4v) is 4.02. The second-order valence-corrected chi connectivity index (χ2v) is 8.15. The molecule has 1 aromatic heterocycles. The number of nitrogens with zero attached hydrogens (tertiary/aromatic N) is 2. The number of fused-ring (bicyclic) bond motifs is 1. The molecule has 0 radical (unpaired) electrons. The highest BCUT2D eigenvalue weighted by Gasteiger charge is 2.40. The van der Waals surface area contributed by atoms with Gasteiger partial charge in [0, 0.05) is 6.42 Å². The van der Waals surface area contributed by atoms with Crippen molar-refractivity contribution in [3.63, 3.8) is 0 Å². The number of hydrazine groups is 1. The van der Waals surface area contributed by atoms with E-state index in [0.717, 1.165) is 36.1 Å². The fraction of sp³-hybridized carbons (Fsp3) is 0.222. The summed E-state index contributed by atoms with van der Waals surface area (Å²) in [6.07, 6.45) is 2.73. The highest BCUT2D eigenvalue weighted by molar-refractivity contribution is 5.92. The van der Waals surface area contributed by atoms with Crippen molar-refractivity contribution in [2.45, 2.75) is 38.3 Å². The highest BCUT2D eigenvalue weighted by atomic mass is 16.3. The van der Waals surface area contributed by atoms with Gasteiger partial charge in [-0.3, -0.25) is 20.4 Å². The molecule has 7 heteroatoms. The van der Waals surface area contributed by atoms with E-state index in [9.17, 15) is 14.7 Å². The molecule has 0 unspecified atom stereocenters. The maximum Gasteiger partial charge on any atom is 0.279 e. The van der Waals surface area contributed by atoms with Crippen molar-refractivity contribution < 1.29 is 14.7 Å². The van der Waals surface area contributed by atoms with Gasteiger partial charge in [-0.15, -0.1) is 0 Å². The molecular weight excluding hydrogens is 428 g/mol. The fourth-order valence-electron chi connectivity index (χ4n) is 4.02. The number of carbonyl (C=O) groups is 2. The molecule has 0 aliphatic rings. The van der Waals surface area contributed by atoms with Crippen LogP contribution in [0.4, 0.5) is 0 Å². The van der Waals surface area contributed by atoms with Gasteiger partial charge in [-0.25, -0.2) is 4.98 Å². The molecule has 4 rings (SSSR count). The number of para-hydroxylation sites is 2. The van der Waals surface area contributed by atoms with E-state index in [2.05, 4.69) is 22.8 Å². The monoisotopic (exact) mass is 456 g/mol. The lowest BCUT2D eigenvalue weighted by molar-refractivity contribution is -0.140. The Hall–Kier alpha value is -3.97. The van der Waals surface area contributed by atoms with Crippen LogP contribution in [0.25, 0.3) is 11.0 Å². The minimum atomic E-state index is -1.97. The van der Waals surface area contributed by atoms with Crippen LogP contribution in [0, 0.1) is 0 Å². The number of rotatable bonds is 8. The largest absolute Gasteiger partial charge is 0.372 e. The Kier molecular flexibility index (Phi) is 7.04. The standard InChI is InChI=1S/C27H28N4O3/c1-2-3-18-24-28-22-16-10-11-17-23(22)31(24)19-25(32)29-30-26(33)27(34,20-12-6-4-7-13-20)21-14-8-5-9-15-21/h4-17,34H,2-3,18-19H2,1H3,(H,29,32)(H,30,33). The summed E-state index contributed by atoms with van der Waals surface area (Å²) in [6, 6.07) is 25.0. The van der Waals surface area contributed by atoms with Gasteiger partial charge in [-0.05, 0) is 29.7 Å². The number of nitrogens with one attached hydrogen (secondary N) is 2. The Morgan fingerprint density at radius 1 is 0.882 bits per heavy atom. The summed E-state index contributed by atoms with van der Waals surface area (Å²) in [5, 5.41) is 11.5. The van der Waals surface area contributed by atoms with Crippen molar-refractivity contribution in [1.29, 1.82) is 0 Å². The SMILES string of the molecule is CCCCc1nc2ccccc2n1CC(=O)NNC(=O)C(O)(c1ccccc1)c1ccccc1. The summed E-state index contributed by atoms with van der Waals surface area (Å²) in [5.41, 5.74) is 5.40. The van der Waals surface area contributed by atoms with Gasteiger partial charge in [-0.2, -0.15) is 0 Å². The number of aliphatic hydroxyl groups is 1. The maximum atomic E-state index is 13.2. The average molecular weight is 457 g/mol. The van der Waals surface area contributed by atoms with Gasteiger partial charge in [0.2, 0.25) is 0 Å². The second kappa shape index (κ2) is 10.3. The van der Waals surface area contributed by atoms with Crippen molar-refractivity contribution in [3.05, 3.63) is 102 Å². The molecule has 0 spiro atoms. The van der Waals surface area contributed by atoms with Crippen LogP contribution in [0.15, 0.2) is 84.9 Å². The number of hydrogen-bond donors (Lipinski definition) is 3. The third-order valence-corrected chi connectivity index (χ3v) is 5.82. The van der Waals surface area contributed by atoms with Crippen molar-refractivity contribution in [2.24, 2.45) is 0 Å². The molecule has 0 aliphatic carbocycles. The molecule has 174 valence electrons. The molecular formula is C27H28N4O3. The molecule has 0 saturated carbocycles. The third kappa shape index (κ3) is 4.70. The van der Waals surface area contributed by atoms with E-state index >= 15 is 0 Å². The van der Waals surface area contributed by atoms with Gasteiger partial charge in [0.15, 0.2) is 5.60 Å². The van der Waals surface area contributed by atoms with Gasteiger partial charge in [0.05, 0.1) is 11.0 Å². The van der Waals surface area contributed by atoms with E-state index in [0.29, 0.717) is 11.1 Å². The number of aromatic nitrogens is 2. The van der Waals surface area contributed by atoms with Crippen molar-refractivity contribution in [3.8, 4) is 0 Å². The van der Waals surface area contributed by atoms with E-state index in [-0.39, 0.29) is 6.54 Å². The van der Waals surface area contributed by atoms with Gasteiger partial charge >= 0.3 is 0 Å². The molecule has 2 amide bonds. The van der Waals surface area contributed by atoms with Crippen LogP contribution < -0.4 is 10.9 Å². The lowest BCUT2D eigenvalue weighted by Crippen LogP contribution is -2.52. The van der Waals surface area contributed by atoms with E-state index in [4.69, 9.17) is 0 Å². The van der Waals surface area contributed by atoms with Crippen molar-refractivity contribution >= 4 is 22.8 Å². The molecule has 3 aromatic carbocycles. The Morgan fingerprint density at radius 3 is 2.09 bits per heavy atom. The van der Waals surface area contributed by atoms with Crippen LogP contribution in [0.3, 0.4) is 0 Å². The second-order valence-electron chi connectivity index (χ2n) is 8.15. The van der Waals surface area contributed by atoms with Crippen LogP contribution in [-0.2, 0) is 28.2 Å². The Labute approximate surface area is 198 Å². The lowest BCUT2D eigenvalue weighted by atomic mass is 9.85. The van der Waals surface area contributed by atoms with E-state index in [1.807, 2.05) is 28.8 Å². The first-order valence-electron chi connectivity index (χ1n) is 11.4. The minimum absolute atomic E-state index is 0.00502. The average Bonchev–Trinajstić information content (AvgIpc) is 3.23. The van der Waals surface area contributed by atoms with Crippen LogP contribution in [-0.4, -0.2) is 26.5 Å². The predicted octanol–water partition coefficient (Wildman–Crippen LogP) is 3.46. The summed E-state index contributed by atoms with van der Waals surface area (Å²) in [5.74, 6) is -0.340. The highest BCUT2D eigenvalue weighted by Crippen LogP contribution is 2.29. The van der Waals surface area contributed by atoms with E-state index in [1.165, 1.54) is 0 Å². The first-order valence-corrected chi connectivity index (χ1v) is 11.4. The molecule has 0 bridgehead atoms. The van der Waals surface area contributed by atoms with Crippen molar-refractivity contribution in [2.75, 3.05) is 0 Å². The van der Waals surface area contributed by atoms with Gasteiger partial charge in [-0.1, -0.05) is 86.1 Å². The number of benzene rings is 3. The molecule has 0 saturated heterocycles. The summed E-state index contributed by atoms with van der Waals surface area (Å²) >= 11 is 0. The van der Waals surface area contributed by atoms with Gasteiger partial charge in [0.1, 0.15) is 12.4 Å². The Balaban J connectivity index is 1.53. The zero-order valence-electron chi connectivity index (χ0n) is 19.1. The summed E-state index contributed by atoms with van der Waals surface area (Å²) < 4.78 is 1.87. The van der Waals surface area contributed by atoms with E-state index in [1.54, 1.807) is 60.7 Å². The van der Waals surface area contributed by atoms with Crippen LogP contribution >= 0.6 is 0 Å². The number of unbranched alkanes of at least 4 members (excludes halogenated alkanes) is 1. The number of carbonyl (C=O) groups excluding carboxylic acids is 2. The zero-order valence-corrected chi connectivity index (χ0v) is 19.1. The lowest BCUT2D eigenvalue weighted by Gasteiger charge is -2.28.